The zero-order valence-electron chi connectivity index (χ0n) is 13.2. The second-order valence-corrected chi connectivity index (χ2v) is 6.57. The molecule has 0 saturated heterocycles. The lowest BCUT2D eigenvalue weighted by Crippen LogP contribution is -2.41. The van der Waals surface area contributed by atoms with Crippen LogP contribution in [-0.4, -0.2) is 41.9 Å². The average Bonchev–Trinajstić information content (AvgIpc) is 2.47. The third-order valence-corrected chi connectivity index (χ3v) is 4.12. The van der Waals surface area contributed by atoms with Gasteiger partial charge in [-0.1, -0.05) is 31.4 Å². The molecule has 1 unspecified atom stereocenters. The first-order valence-electron chi connectivity index (χ1n) is 7.46. The summed E-state index contributed by atoms with van der Waals surface area (Å²) >= 11 is 0. The van der Waals surface area contributed by atoms with E-state index in [0.717, 1.165) is 37.0 Å². The molecule has 1 aliphatic carbocycles. The van der Waals surface area contributed by atoms with Gasteiger partial charge in [-0.15, -0.1) is 0 Å². The number of rotatable bonds is 4. The van der Waals surface area contributed by atoms with Crippen molar-refractivity contribution in [3.05, 3.63) is 29.8 Å². The van der Waals surface area contributed by atoms with E-state index in [4.69, 9.17) is 28.0 Å². The number of methoxy groups -OCH3 is 1. The zero-order valence-corrected chi connectivity index (χ0v) is 14.0. The van der Waals surface area contributed by atoms with Gasteiger partial charge in [0.2, 0.25) is 0 Å². The Balaban J connectivity index is 0.000000463. The number of nitrogens with two attached hydrogens (primary N) is 1. The van der Waals surface area contributed by atoms with Gasteiger partial charge in [-0.3, -0.25) is 9.11 Å². The van der Waals surface area contributed by atoms with Crippen molar-refractivity contribution in [2.24, 2.45) is 5.73 Å². The fraction of sp³-hybridized carbons (Fsp3) is 0.600. The Bertz CT molecular complexity index is 558. The molecule has 132 valence electrons. The van der Waals surface area contributed by atoms with Crippen molar-refractivity contribution in [1.29, 1.82) is 0 Å². The van der Waals surface area contributed by atoms with Gasteiger partial charge >= 0.3 is 10.4 Å². The smallest absolute Gasteiger partial charge is 0.394 e. The standard InChI is InChI=1S/C15H23NO2.H2O4S/c1-18-13-7-5-12(6-8-13)14(11-16)15(17)9-3-2-4-10-15;1-5(2,3)4/h5-8,14,17H,2-4,9-11,16H2,1H3;(H2,1,2,3,4). The van der Waals surface area contributed by atoms with Gasteiger partial charge in [0.25, 0.3) is 0 Å². The minimum absolute atomic E-state index is 0.0312. The summed E-state index contributed by atoms with van der Waals surface area (Å²) in [5.74, 6) is 0.869. The van der Waals surface area contributed by atoms with Gasteiger partial charge in [-0.2, -0.15) is 8.42 Å². The molecule has 1 aromatic carbocycles. The van der Waals surface area contributed by atoms with E-state index in [0.29, 0.717) is 6.54 Å². The molecule has 1 saturated carbocycles. The molecule has 0 radical (unpaired) electrons. The Hall–Kier alpha value is -1.19. The largest absolute Gasteiger partial charge is 0.497 e. The maximum absolute atomic E-state index is 10.8. The fourth-order valence-corrected chi connectivity index (χ4v) is 3.01. The van der Waals surface area contributed by atoms with Crippen molar-refractivity contribution < 1.29 is 27.4 Å². The SMILES string of the molecule is COc1ccc(C(CN)C2(O)CCCCC2)cc1.O=S(=O)(O)O. The van der Waals surface area contributed by atoms with Crippen molar-refractivity contribution in [3.63, 3.8) is 0 Å². The molecule has 0 heterocycles. The highest BCUT2D eigenvalue weighted by atomic mass is 32.3. The average molecular weight is 347 g/mol. The lowest BCUT2D eigenvalue weighted by Gasteiger charge is -2.39. The van der Waals surface area contributed by atoms with Crippen LogP contribution in [0.4, 0.5) is 0 Å². The number of hydrogen-bond acceptors (Lipinski definition) is 5. The molecule has 0 spiro atoms. The number of benzene rings is 1. The van der Waals surface area contributed by atoms with Gasteiger partial charge in [-0.05, 0) is 30.5 Å². The van der Waals surface area contributed by atoms with Crippen molar-refractivity contribution in [3.8, 4) is 5.75 Å². The Kier molecular flexibility index (Phi) is 7.43. The normalized spacial score (nSPS) is 18.5. The fourth-order valence-electron chi connectivity index (χ4n) is 3.01. The molecule has 0 bridgehead atoms. The Morgan fingerprint density at radius 3 is 2.04 bits per heavy atom. The first kappa shape index (κ1) is 19.9. The minimum atomic E-state index is -4.67. The summed E-state index contributed by atoms with van der Waals surface area (Å²) in [6.45, 7) is 0.489. The van der Waals surface area contributed by atoms with Gasteiger partial charge in [0.1, 0.15) is 5.75 Å². The lowest BCUT2D eigenvalue weighted by molar-refractivity contribution is -0.0194. The maximum Gasteiger partial charge on any atom is 0.394 e. The molecular formula is C15H25NO6S. The van der Waals surface area contributed by atoms with Gasteiger partial charge in [0.15, 0.2) is 0 Å². The van der Waals surface area contributed by atoms with Crippen molar-refractivity contribution in [2.45, 2.75) is 43.6 Å². The summed E-state index contributed by atoms with van der Waals surface area (Å²) in [6, 6.07) is 7.90. The molecule has 1 fully saturated rings. The van der Waals surface area contributed by atoms with Gasteiger partial charge < -0.3 is 15.6 Å². The summed E-state index contributed by atoms with van der Waals surface area (Å²) in [7, 11) is -3.01. The molecule has 1 aliphatic rings. The van der Waals surface area contributed by atoms with Crippen LogP contribution in [0.1, 0.15) is 43.6 Å². The highest BCUT2D eigenvalue weighted by molar-refractivity contribution is 7.79. The molecule has 0 amide bonds. The first-order chi connectivity index (χ1) is 10.7. The van der Waals surface area contributed by atoms with Crippen molar-refractivity contribution >= 4 is 10.4 Å². The van der Waals surface area contributed by atoms with Crippen LogP contribution in [0.3, 0.4) is 0 Å². The summed E-state index contributed by atoms with van der Waals surface area (Å²) < 4.78 is 36.7. The minimum Gasteiger partial charge on any atom is -0.497 e. The van der Waals surface area contributed by atoms with E-state index < -0.39 is 16.0 Å². The van der Waals surface area contributed by atoms with E-state index in [9.17, 15) is 5.11 Å². The summed E-state index contributed by atoms with van der Waals surface area (Å²) in [5, 5.41) is 10.8. The molecule has 2 rings (SSSR count). The topological polar surface area (TPSA) is 130 Å². The number of aliphatic hydroxyl groups is 1. The third kappa shape index (κ3) is 6.84. The van der Waals surface area contributed by atoms with E-state index in [-0.39, 0.29) is 5.92 Å². The molecule has 1 atom stereocenters. The third-order valence-electron chi connectivity index (χ3n) is 4.12. The summed E-state index contributed by atoms with van der Waals surface area (Å²) in [6.07, 6.45) is 5.15. The van der Waals surface area contributed by atoms with E-state index >= 15 is 0 Å². The van der Waals surface area contributed by atoms with Crippen LogP contribution in [0.15, 0.2) is 24.3 Å². The van der Waals surface area contributed by atoms with Crippen LogP contribution in [-0.2, 0) is 10.4 Å². The lowest BCUT2D eigenvalue weighted by atomic mass is 9.73. The highest BCUT2D eigenvalue weighted by Crippen LogP contribution is 2.39. The molecule has 7 nitrogen and oxygen atoms in total. The van der Waals surface area contributed by atoms with E-state index in [1.807, 2.05) is 24.3 Å². The molecule has 1 aromatic rings. The number of hydrogen-bond donors (Lipinski definition) is 4. The summed E-state index contributed by atoms with van der Waals surface area (Å²) in [4.78, 5) is 0. The Morgan fingerprint density at radius 2 is 1.65 bits per heavy atom. The van der Waals surface area contributed by atoms with Crippen molar-refractivity contribution in [2.75, 3.05) is 13.7 Å². The molecule has 0 aliphatic heterocycles. The Morgan fingerprint density at radius 1 is 1.17 bits per heavy atom. The first-order valence-corrected chi connectivity index (χ1v) is 8.85. The zero-order chi connectivity index (χ0) is 17.5. The molecule has 23 heavy (non-hydrogen) atoms. The van der Waals surface area contributed by atoms with Crippen LogP contribution in [0.5, 0.6) is 5.75 Å². The Labute approximate surface area is 137 Å². The van der Waals surface area contributed by atoms with Gasteiger partial charge in [-0.25, -0.2) is 0 Å². The van der Waals surface area contributed by atoms with Crippen LogP contribution < -0.4 is 10.5 Å². The predicted octanol–water partition coefficient (Wildman–Crippen LogP) is 1.78. The predicted molar refractivity (Wildman–Crippen MR) is 87.0 cm³/mol. The van der Waals surface area contributed by atoms with Gasteiger partial charge in [0, 0.05) is 12.5 Å². The van der Waals surface area contributed by atoms with Gasteiger partial charge in [0.05, 0.1) is 12.7 Å². The second-order valence-electron chi connectivity index (χ2n) is 5.67. The molecule has 8 heteroatoms. The van der Waals surface area contributed by atoms with Crippen molar-refractivity contribution in [1.82, 2.24) is 0 Å². The quantitative estimate of drug-likeness (QED) is 0.611. The maximum atomic E-state index is 10.8. The molecule has 5 N–H and O–H groups in total. The van der Waals surface area contributed by atoms with Crippen LogP contribution in [0.2, 0.25) is 0 Å². The van der Waals surface area contributed by atoms with E-state index in [1.54, 1.807) is 7.11 Å². The molecule has 0 aromatic heterocycles. The second kappa shape index (κ2) is 8.60. The van der Waals surface area contributed by atoms with Crippen LogP contribution >= 0.6 is 0 Å². The van der Waals surface area contributed by atoms with Crippen LogP contribution in [0, 0.1) is 0 Å². The highest BCUT2D eigenvalue weighted by Gasteiger charge is 2.37. The number of ether oxygens (including phenoxy) is 1. The summed E-state index contributed by atoms with van der Waals surface area (Å²) in [5.41, 5.74) is 6.39. The molecular weight excluding hydrogens is 322 g/mol. The van der Waals surface area contributed by atoms with E-state index in [2.05, 4.69) is 0 Å². The van der Waals surface area contributed by atoms with Crippen LogP contribution in [0.25, 0.3) is 0 Å². The monoisotopic (exact) mass is 347 g/mol. The van der Waals surface area contributed by atoms with E-state index in [1.165, 1.54) is 6.42 Å².